The Bertz CT molecular complexity index is 1680. The summed E-state index contributed by atoms with van der Waals surface area (Å²) in [4.78, 5) is 41.1. The molecule has 0 bridgehead atoms. The SMILES string of the molecule is COc1cc(C(=O)Nc2cc(C3CC3)ccn2)ccc1-c1nc(C2CCC3C(C)OC(=O)N3C2)n2ccnc(N)c12. The number of nitrogen functional groups attached to an aromatic ring is 1. The predicted molar refractivity (Wildman–Crippen MR) is 152 cm³/mol. The molecule has 1 aliphatic carbocycles. The summed E-state index contributed by atoms with van der Waals surface area (Å²) in [5.41, 5.74) is 9.95. The summed E-state index contributed by atoms with van der Waals surface area (Å²) >= 11 is 0. The molecule has 3 fully saturated rings. The van der Waals surface area contributed by atoms with E-state index in [1.165, 1.54) is 18.4 Å². The second-order valence-corrected chi connectivity index (χ2v) is 11.1. The van der Waals surface area contributed by atoms with Crippen LogP contribution in [0.4, 0.5) is 16.4 Å². The molecule has 0 spiro atoms. The van der Waals surface area contributed by atoms with Crippen molar-refractivity contribution in [3.8, 4) is 17.0 Å². The molecule has 2 saturated heterocycles. The Morgan fingerprint density at radius 3 is 2.73 bits per heavy atom. The van der Waals surface area contributed by atoms with Crippen molar-refractivity contribution < 1.29 is 19.1 Å². The quantitative estimate of drug-likeness (QED) is 0.354. The molecule has 3 unspecified atom stereocenters. The number of hydrogen-bond acceptors (Lipinski definition) is 8. The van der Waals surface area contributed by atoms with Gasteiger partial charge in [-0.25, -0.2) is 19.7 Å². The fourth-order valence-electron chi connectivity index (χ4n) is 6.17. The minimum absolute atomic E-state index is 0.0119. The first-order valence-corrected chi connectivity index (χ1v) is 14.0. The third-order valence-corrected chi connectivity index (χ3v) is 8.46. The van der Waals surface area contributed by atoms with Crippen LogP contribution in [0.3, 0.4) is 0 Å². The van der Waals surface area contributed by atoms with Gasteiger partial charge in [0.2, 0.25) is 0 Å². The molecule has 3 aromatic heterocycles. The van der Waals surface area contributed by atoms with Crippen LogP contribution in [0.25, 0.3) is 16.8 Å². The molecule has 2 aliphatic heterocycles. The van der Waals surface area contributed by atoms with Gasteiger partial charge in [-0.05, 0) is 74.4 Å². The van der Waals surface area contributed by atoms with Gasteiger partial charge in [-0.1, -0.05) is 0 Å². The van der Waals surface area contributed by atoms with Crippen molar-refractivity contribution >= 4 is 29.2 Å². The van der Waals surface area contributed by atoms with Gasteiger partial charge in [0.1, 0.15) is 40.5 Å². The second-order valence-electron chi connectivity index (χ2n) is 11.1. The van der Waals surface area contributed by atoms with Crippen molar-refractivity contribution in [2.75, 3.05) is 24.7 Å². The first-order chi connectivity index (χ1) is 19.9. The molecular formula is C30H31N7O4. The summed E-state index contributed by atoms with van der Waals surface area (Å²) in [6, 6.07) is 9.27. The summed E-state index contributed by atoms with van der Waals surface area (Å²) in [7, 11) is 1.56. The van der Waals surface area contributed by atoms with Crippen molar-refractivity contribution in [1.29, 1.82) is 0 Å². The van der Waals surface area contributed by atoms with Crippen LogP contribution < -0.4 is 15.8 Å². The van der Waals surface area contributed by atoms with Crippen molar-refractivity contribution in [3.63, 3.8) is 0 Å². The van der Waals surface area contributed by atoms with Gasteiger partial charge in [0, 0.05) is 42.2 Å². The summed E-state index contributed by atoms with van der Waals surface area (Å²) in [5.74, 6) is 2.39. The highest BCUT2D eigenvalue weighted by Crippen LogP contribution is 2.41. The van der Waals surface area contributed by atoms with Gasteiger partial charge in [-0.3, -0.25) is 9.20 Å². The average molecular weight is 554 g/mol. The van der Waals surface area contributed by atoms with Gasteiger partial charge < -0.3 is 25.4 Å². The molecule has 11 heteroatoms. The summed E-state index contributed by atoms with van der Waals surface area (Å²) < 4.78 is 13.2. The van der Waals surface area contributed by atoms with Crippen molar-refractivity contribution in [3.05, 3.63) is 65.9 Å². The van der Waals surface area contributed by atoms with Crippen molar-refractivity contribution in [2.45, 2.75) is 56.6 Å². The number of piperidine rings is 1. The lowest BCUT2D eigenvalue weighted by molar-refractivity contribution is 0.102. The summed E-state index contributed by atoms with van der Waals surface area (Å²) in [5, 5.41) is 2.90. The van der Waals surface area contributed by atoms with Crippen LogP contribution >= 0.6 is 0 Å². The number of benzene rings is 1. The Hall–Kier alpha value is -4.67. The number of fused-ring (bicyclic) bond motifs is 2. The molecule has 4 aromatic rings. The Balaban J connectivity index is 1.22. The van der Waals surface area contributed by atoms with E-state index in [2.05, 4.69) is 15.3 Å². The lowest BCUT2D eigenvalue weighted by Crippen LogP contribution is -2.43. The fourth-order valence-corrected chi connectivity index (χ4v) is 6.17. The standard InChI is InChI=1S/C30H31N7O4/c1-16-22-8-6-20(15-37(22)30(39)41-16)28-35-25(26-27(31)33-11-12-36(26)28)21-7-5-19(13-23(21)40-2)29(38)34-24-14-18(9-10-32-24)17-3-4-17/h5,7,9-14,16-17,20,22H,3-4,6,8,15H2,1-2H3,(H2,31,33)(H,32,34,38). The monoisotopic (exact) mass is 553 g/mol. The summed E-state index contributed by atoms with van der Waals surface area (Å²) in [6.07, 6.45) is 8.85. The molecule has 3 N–H and O–H groups in total. The van der Waals surface area contributed by atoms with E-state index in [0.717, 1.165) is 18.7 Å². The molecule has 210 valence electrons. The van der Waals surface area contributed by atoms with Crippen LogP contribution in [-0.4, -0.2) is 62.1 Å². The van der Waals surface area contributed by atoms with Gasteiger partial charge in [0.05, 0.1) is 13.2 Å². The number of hydrogen-bond donors (Lipinski definition) is 2. The van der Waals surface area contributed by atoms with E-state index in [-0.39, 0.29) is 30.1 Å². The number of ether oxygens (including phenoxy) is 2. The van der Waals surface area contributed by atoms with Crippen LogP contribution in [0, 0.1) is 0 Å². The molecule has 1 aromatic carbocycles. The lowest BCUT2D eigenvalue weighted by Gasteiger charge is -2.33. The van der Waals surface area contributed by atoms with Gasteiger partial charge >= 0.3 is 6.09 Å². The Kier molecular flexibility index (Phi) is 6.02. The Labute approximate surface area is 236 Å². The zero-order valence-corrected chi connectivity index (χ0v) is 22.9. The minimum atomic E-state index is -0.282. The van der Waals surface area contributed by atoms with E-state index in [0.29, 0.717) is 52.2 Å². The number of cyclic esters (lactones) is 1. The van der Waals surface area contributed by atoms with E-state index >= 15 is 0 Å². The highest BCUT2D eigenvalue weighted by molar-refractivity contribution is 6.04. The fraction of sp³-hybridized carbons (Fsp3) is 0.367. The van der Waals surface area contributed by atoms with Gasteiger partial charge in [0.25, 0.3) is 5.91 Å². The molecule has 5 heterocycles. The zero-order valence-electron chi connectivity index (χ0n) is 22.9. The molecule has 11 nitrogen and oxygen atoms in total. The van der Waals surface area contributed by atoms with Crippen LogP contribution in [0.2, 0.25) is 0 Å². The van der Waals surface area contributed by atoms with Crippen LogP contribution in [0.15, 0.2) is 48.9 Å². The number of methoxy groups -OCH3 is 1. The predicted octanol–water partition coefficient (Wildman–Crippen LogP) is 4.60. The third-order valence-electron chi connectivity index (χ3n) is 8.46. The number of imidazole rings is 1. The van der Waals surface area contributed by atoms with Crippen molar-refractivity contribution in [1.82, 2.24) is 24.3 Å². The number of nitrogens with zero attached hydrogens (tertiary/aromatic N) is 5. The summed E-state index contributed by atoms with van der Waals surface area (Å²) in [6.45, 7) is 2.46. The molecule has 41 heavy (non-hydrogen) atoms. The number of carbonyl (C=O) groups is 2. The average Bonchev–Trinajstić information content (AvgIpc) is 3.71. The van der Waals surface area contributed by atoms with Crippen molar-refractivity contribution in [2.24, 2.45) is 0 Å². The molecule has 3 atom stereocenters. The number of nitrogens with one attached hydrogen (secondary N) is 1. The molecule has 3 aliphatic rings. The maximum atomic E-state index is 13.1. The number of aromatic nitrogens is 4. The maximum absolute atomic E-state index is 13.1. The number of nitrogens with two attached hydrogens (primary N) is 1. The molecule has 7 rings (SSSR count). The highest BCUT2D eigenvalue weighted by Gasteiger charge is 2.44. The molecular weight excluding hydrogens is 522 g/mol. The second kappa shape index (κ2) is 9.76. The Morgan fingerprint density at radius 2 is 1.93 bits per heavy atom. The lowest BCUT2D eigenvalue weighted by atomic mass is 9.91. The van der Waals surface area contributed by atoms with E-state index in [1.807, 2.05) is 40.6 Å². The van der Waals surface area contributed by atoms with E-state index < -0.39 is 0 Å². The van der Waals surface area contributed by atoms with Gasteiger partial charge in [-0.2, -0.15) is 0 Å². The maximum Gasteiger partial charge on any atom is 0.410 e. The van der Waals surface area contributed by atoms with E-state index in [1.54, 1.807) is 31.6 Å². The number of carbonyl (C=O) groups excluding carboxylic acids is 2. The molecule has 2 amide bonds. The number of rotatable bonds is 6. The van der Waals surface area contributed by atoms with Gasteiger partial charge in [0.15, 0.2) is 0 Å². The number of pyridine rings is 1. The first-order valence-electron chi connectivity index (χ1n) is 14.0. The topological polar surface area (TPSA) is 137 Å². The van der Waals surface area contributed by atoms with Gasteiger partial charge in [-0.15, -0.1) is 0 Å². The largest absolute Gasteiger partial charge is 0.496 e. The van der Waals surface area contributed by atoms with E-state index in [4.69, 9.17) is 20.2 Å². The zero-order chi connectivity index (χ0) is 28.2. The van der Waals surface area contributed by atoms with Crippen LogP contribution in [0.1, 0.15) is 66.2 Å². The normalized spacial score (nSPS) is 22.0. The third kappa shape index (κ3) is 4.41. The minimum Gasteiger partial charge on any atom is -0.496 e. The highest BCUT2D eigenvalue weighted by atomic mass is 16.6. The molecule has 0 radical (unpaired) electrons. The molecule has 1 saturated carbocycles. The van der Waals surface area contributed by atoms with Crippen LogP contribution in [-0.2, 0) is 4.74 Å². The number of anilines is 2. The van der Waals surface area contributed by atoms with Crippen LogP contribution in [0.5, 0.6) is 5.75 Å². The smallest absolute Gasteiger partial charge is 0.410 e. The Morgan fingerprint density at radius 1 is 1.10 bits per heavy atom. The number of amides is 2. The van der Waals surface area contributed by atoms with E-state index in [9.17, 15) is 9.59 Å². The first kappa shape index (κ1) is 25.3.